The van der Waals surface area contributed by atoms with Crippen LogP contribution in [0.15, 0.2) is 49.2 Å². The van der Waals surface area contributed by atoms with E-state index in [0.717, 1.165) is 11.1 Å². The number of anilines is 1. The largest absolute Gasteiger partial charge is 0.351 e. The van der Waals surface area contributed by atoms with Crippen LogP contribution in [0.4, 0.5) is 5.95 Å². The van der Waals surface area contributed by atoms with E-state index in [1.54, 1.807) is 18.3 Å². The van der Waals surface area contributed by atoms with Gasteiger partial charge in [0.15, 0.2) is 0 Å². The molecule has 0 bridgehead atoms. The molecule has 0 radical (unpaired) electrons. The highest BCUT2D eigenvalue weighted by atomic mass is 16.1. The normalized spacial score (nSPS) is 9.95. The minimum Gasteiger partial charge on any atom is -0.351 e. The molecule has 21 heavy (non-hydrogen) atoms. The Labute approximate surface area is 124 Å². The van der Waals surface area contributed by atoms with E-state index < -0.39 is 0 Å². The number of rotatable bonds is 6. The van der Waals surface area contributed by atoms with Crippen molar-refractivity contribution in [2.24, 2.45) is 0 Å². The molecule has 2 aromatic rings. The predicted octanol–water partition coefficient (Wildman–Crippen LogP) is 2.31. The Morgan fingerprint density at radius 2 is 2.14 bits per heavy atom. The van der Waals surface area contributed by atoms with Crippen LogP contribution in [-0.2, 0) is 6.54 Å². The van der Waals surface area contributed by atoms with Crippen LogP contribution in [-0.4, -0.2) is 22.4 Å². The fourth-order valence-electron chi connectivity index (χ4n) is 1.81. The van der Waals surface area contributed by atoms with Crippen LogP contribution in [0.2, 0.25) is 0 Å². The number of carbonyl (C=O) groups is 1. The molecule has 5 heteroatoms. The fourth-order valence-corrected chi connectivity index (χ4v) is 1.81. The number of aromatic nitrogens is 2. The van der Waals surface area contributed by atoms with E-state index in [-0.39, 0.29) is 5.91 Å². The Morgan fingerprint density at radius 3 is 2.90 bits per heavy atom. The van der Waals surface area contributed by atoms with Gasteiger partial charge >= 0.3 is 0 Å². The highest BCUT2D eigenvalue weighted by Crippen LogP contribution is 2.07. The van der Waals surface area contributed by atoms with Gasteiger partial charge < -0.3 is 10.6 Å². The van der Waals surface area contributed by atoms with E-state index in [0.29, 0.717) is 24.7 Å². The zero-order chi connectivity index (χ0) is 15.1. The molecule has 0 aliphatic carbocycles. The number of amides is 1. The van der Waals surface area contributed by atoms with Crippen molar-refractivity contribution >= 4 is 11.9 Å². The van der Waals surface area contributed by atoms with Crippen molar-refractivity contribution in [1.29, 1.82) is 0 Å². The Balaban J connectivity index is 2.00. The van der Waals surface area contributed by atoms with E-state index in [1.807, 2.05) is 31.2 Å². The van der Waals surface area contributed by atoms with Gasteiger partial charge in [-0.1, -0.05) is 30.3 Å². The molecule has 0 fully saturated rings. The molecule has 108 valence electrons. The molecule has 2 rings (SSSR count). The molecule has 0 atom stereocenters. The van der Waals surface area contributed by atoms with Gasteiger partial charge in [-0.15, -0.1) is 6.58 Å². The Morgan fingerprint density at radius 1 is 1.33 bits per heavy atom. The maximum absolute atomic E-state index is 12.1. The molecule has 0 unspecified atom stereocenters. The molecule has 2 N–H and O–H groups in total. The summed E-state index contributed by atoms with van der Waals surface area (Å²) >= 11 is 0. The van der Waals surface area contributed by atoms with Crippen LogP contribution in [0, 0.1) is 6.92 Å². The van der Waals surface area contributed by atoms with E-state index in [4.69, 9.17) is 0 Å². The highest BCUT2D eigenvalue weighted by Gasteiger charge is 2.08. The quantitative estimate of drug-likeness (QED) is 0.798. The summed E-state index contributed by atoms with van der Waals surface area (Å²) in [5.41, 5.74) is 2.57. The van der Waals surface area contributed by atoms with Gasteiger partial charge in [0.25, 0.3) is 5.91 Å². The maximum atomic E-state index is 12.1. The summed E-state index contributed by atoms with van der Waals surface area (Å²) in [5.74, 6) is 0.195. The summed E-state index contributed by atoms with van der Waals surface area (Å²) in [6.45, 7) is 6.65. The van der Waals surface area contributed by atoms with Crippen molar-refractivity contribution in [2.45, 2.75) is 13.5 Å². The van der Waals surface area contributed by atoms with Gasteiger partial charge in [0.1, 0.15) is 5.69 Å². The monoisotopic (exact) mass is 282 g/mol. The molecule has 5 nitrogen and oxygen atoms in total. The van der Waals surface area contributed by atoms with Crippen LogP contribution in [0.3, 0.4) is 0 Å². The summed E-state index contributed by atoms with van der Waals surface area (Å²) in [7, 11) is 0. The first-order valence-corrected chi connectivity index (χ1v) is 6.71. The minimum atomic E-state index is -0.220. The topological polar surface area (TPSA) is 66.9 Å². The van der Waals surface area contributed by atoms with Crippen LogP contribution >= 0.6 is 0 Å². The first kappa shape index (κ1) is 14.7. The summed E-state index contributed by atoms with van der Waals surface area (Å²) < 4.78 is 0. The van der Waals surface area contributed by atoms with E-state index >= 15 is 0 Å². The molecule has 0 aliphatic rings. The van der Waals surface area contributed by atoms with Gasteiger partial charge in [-0.25, -0.2) is 9.97 Å². The molecular formula is C16H18N4O. The van der Waals surface area contributed by atoms with Crippen LogP contribution in [0.5, 0.6) is 0 Å². The Kier molecular flexibility index (Phi) is 5.04. The van der Waals surface area contributed by atoms with Gasteiger partial charge in [0, 0.05) is 19.3 Å². The third-order valence-electron chi connectivity index (χ3n) is 2.99. The molecule has 0 spiro atoms. The fraction of sp³-hybridized carbons (Fsp3) is 0.188. The molecule has 0 saturated heterocycles. The number of hydrogen-bond donors (Lipinski definition) is 2. The van der Waals surface area contributed by atoms with Gasteiger partial charge in [0.05, 0.1) is 0 Å². The summed E-state index contributed by atoms with van der Waals surface area (Å²) in [6, 6.07) is 9.53. The van der Waals surface area contributed by atoms with Gasteiger partial charge in [-0.3, -0.25) is 4.79 Å². The second-order valence-electron chi connectivity index (χ2n) is 4.54. The standard InChI is InChI=1S/C16H18N4O/c1-3-9-17-16-18-10-8-14(20-16)15(21)19-11-13-7-5-4-6-12(13)2/h3-8,10H,1,9,11H2,2H3,(H,19,21)(H,17,18,20). The zero-order valence-electron chi connectivity index (χ0n) is 12.0. The average Bonchev–Trinajstić information content (AvgIpc) is 2.52. The lowest BCUT2D eigenvalue weighted by atomic mass is 10.1. The molecule has 1 heterocycles. The molecule has 0 saturated carbocycles. The van der Waals surface area contributed by atoms with Crippen molar-refractivity contribution in [3.63, 3.8) is 0 Å². The average molecular weight is 282 g/mol. The molecule has 1 amide bonds. The first-order chi connectivity index (χ1) is 10.2. The van der Waals surface area contributed by atoms with E-state index in [9.17, 15) is 4.79 Å². The SMILES string of the molecule is C=CCNc1nccc(C(=O)NCc2ccccc2C)n1. The molecule has 0 aliphatic heterocycles. The number of benzene rings is 1. The maximum Gasteiger partial charge on any atom is 0.270 e. The summed E-state index contributed by atoms with van der Waals surface area (Å²) in [6.07, 6.45) is 3.26. The predicted molar refractivity (Wildman–Crippen MR) is 83.1 cm³/mol. The van der Waals surface area contributed by atoms with Crippen molar-refractivity contribution in [1.82, 2.24) is 15.3 Å². The summed E-state index contributed by atoms with van der Waals surface area (Å²) in [4.78, 5) is 20.3. The Bertz CT molecular complexity index is 640. The molecule has 1 aromatic heterocycles. The Hall–Kier alpha value is -2.69. The first-order valence-electron chi connectivity index (χ1n) is 6.71. The van der Waals surface area contributed by atoms with Crippen molar-refractivity contribution in [2.75, 3.05) is 11.9 Å². The van der Waals surface area contributed by atoms with Gasteiger partial charge in [0.2, 0.25) is 5.95 Å². The van der Waals surface area contributed by atoms with E-state index in [1.165, 1.54) is 0 Å². The van der Waals surface area contributed by atoms with Crippen LogP contribution in [0.25, 0.3) is 0 Å². The van der Waals surface area contributed by atoms with Crippen molar-refractivity contribution in [3.8, 4) is 0 Å². The lowest BCUT2D eigenvalue weighted by Gasteiger charge is -2.08. The third-order valence-corrected chi connectivity index (χ3v) is 2.99. The van der Waals surface area contributed by atoms with Gasteiger partial charge in [-0.2, -0.15) is 0 Å². The van der Waals surface area contributed by atoms with Crippen molar-refractivity contribution in [3.05, 3.63) is 66.0 Å². The second kappa shape index (κ2) is 7.19. The number of hydrogen-bond acceptors (Lipinski definition) is 4. The van der Waals surface area contributed by atoms with Crippen molar-refractivity contribution < 1.29 is 4.79 Å². The number of nitrogens with zero attached hydrogens (tertiary/aromatic N) is 2. The second-order valence-corrected chi connectivity index (χ2v) is 4.54. The minimum absolute atomic E-state index is 0.220. The molecular weight excluding hydrogens is 264 g/mol. The van der Waals surface area contributed by atoms with Crippen LogP contribution in [0.1, 0.15) is 21.6 Å². The third kappa shape index (κ3) is 4.14. The summed E-state index contributed by atoms with van der Waals surface area (Å²) in [5, 5.41) is 5.81. The lowest BCUT2D eigenvalue weighted by molar-refractivity contribution is 0.0946. The highest BCUT2D eigenvalue weighted by molar-refractivity contribution is 5.92. The lowest BCUT2D eigenvalue weighted by Crippen LogP contribution is -2.24. The molecule has 1 aromatic carbocycles. The number of nitrogens with one attached hydrogen (secondary N) is 2. The van der Waals surface area contributed by atoms with Crippen LogP contribution < -0.4 is 10.6 Å². The number of carbonyl (C=O) groups excluding carboxylic acids is 1. The van der Waals surface area contributed by atoms with E-state index in [2.05, 4.69) is 27.2 Å². The number of aryl methyl sites for hydroxylation is 1. The zero-order valence-corrected chi connectivity index (χ0v) is 12.0. The van der Waals surface area contributed by atoms with Gasteiger partial charge in [-0.05, 0) is 24.1 Å². The smallest absolute Gasteiger partial charge is 0.270 e.